The van der Waals surface area contributed by atoms with E-state index in [1.54, 1.807) is 31.2 Å². The Morgan fingerprint density at radius 3 is 2.87 bits per heavy atom. The molecule has 31 heavy (non-hydrogen) atoms. The Kier molecular flexibility index (Phi) is 4.12. The van der Waals surface area contributed by atoms with Crippen LogP contribution in [0.15, 0.2) is 30.6 Å². The van der Waals surface area contributed by atoms with Gasteiger partial charge in [0.1, 0.15) is 17.4 Å². The summed E-state index contributed by atoms with van der Waals surface area (Å²) in [7, 11) is 3.40. The first-order valence-electron chi connectivity index (χ1n) is 9.74. The minimum atomic E-state index is -0.410. The maximum atomic E-state index is 14.2. The normalized spacial score (nSPS) is 15.9. The molecule has 0 fully saturated rings. The van der Waals surface area contributed by atoms with Crippen molar-refractivity contribution < 1.29 is 9.18 Å². The highest BCUT2D eigenvalue weighted by molar-refractivity contribution is 5.96. The zero-order valence-corrected chi connectivity index (χ0v) is 17.1. The topological polar surface area (TPSA) is 103 Å². The standard InChI is InChI=1S/C22H18FN7O/c1-11-14-6-12(23)4-5-13(14)22(31)29(2)10-18-19(16(7-24)28-30(18)3)17-9-26-21-20(27-17)15(11)8-25-21/h4-6,8-9,11H,10H2,1-3H3,(H,25,26)/t11-/m1/s1. The van der Waals surface area contributed by atoms with Crippen molar-refractivity contribution in [3.8, 4) is 17.3 Å². The molecule has 0 saturated carbocycles. The summed E-state index contributed by atoms with van der Waals surface area (Å²) in [5, 5.41) is 14.0. The SMILES string of the molecule is C[C@@H]1c2cc(F)ccc2C(=O)N(C)Cc2c(c(C#N)nn2C)-c2cnc3[nH]cc1c3n2. The molecule has 5 rings (SSSR count). The van der Waals surface area contributed by atoms with Crippen LogP contribution in [-0.2, 0) is 13.6 Å². The lowest BCUT2D eigenvalue weighted by Crippen LogP contribution is -2.29. The molecule has 0 aliphatic carbocycles. The summed E-state index contributed by atoms with van der Waals surface area (Å²) < 4.78 is 15.8. The second kappa shape index (κ2) is 6.74. The van der Waals surface area contributed by atoms with Crippen LogP contribution in [0.2, 0.25) is 0 Å². The molecule has 1 amide bonds. The zero-order valence-electron chi connectivity index (χ0n) is 17.1. The van der Waals surface area contributed by atoms with Crippen molar-refractivity contribution in [1.29, 1.82) is 5.26 Å². The van der Waals surface area contributed by atoms with E-state index in [2.05, 4.69) is 21.1 Å². The maximum Gasteiger partial charge on any atom is 0.254 e. The van der Waals surface area contributed by atoms with Crippen molar-refractivity contribution in [2.24, 2.45) is 7.05 Å². The van der Waals surface area contributed by atoms with Crippen molar-refractivity contribution in [3.05, 3.63) is 64.5 Å². The van der Waals surface area contributed by atoms with Gasteiger partial charge in [0, 0.05) is 37.3 Å². The number of nitrogens with one attached hydrogen (secondary N) is 1. The summed E-state index contributed by atoms with van der Waals surface area (Å²) in [4.78, 5) is 27.3. The minimum absolute atomic E-state index is 0.199. The molecule has 3 aromatic heterocycles. The van der Waals surface area contributed by atoms with Crippen LogP contribution < -0.4 is 0 Å². The Balaban J connectivity index is 1.87. The number of benzene rings is 1. The third-order valence-electron chi connectivity index (χ3n) is 5.85. The maximum absolute atomic E-state index is 14.2. The van der Waals surface area contributed by atoms with Gasteiger partial charge in [-0.1, -0.05) is 6.92 Å². The predicted octanol–water partition coefficient (Wildman–Crippen LogP) is 3.11. The van der Waals surface area contributed by atoms with Crippen molar-refractivity contribution >= 4 is 17.1 Å². The Hall–Kier alpha value is -4.06. The van der Waals surface area contributed by atoms with Crippen LogP contribution in [0, 0.1) is 17.1 Å². The first-order valence-corrected chi connectivity index (χ1v) is 9.74. The van der Waals surface area contributed by atoms with Crippen LogP contribution in [0.1, 0.15) is 45.7 Å². The van der Waals surface area contributed by atoms with E-state index in [4.69, 9.17) is 4.98 Å². The molecule has 2 bridgehead atoms. The van der Waals surface area contributed by atoms with E-state index < -0.39 is 5.82 Å². The van der Waals surface area contributed by atoms with Crippen LogP contribution in [-0.4, -0.2) is 42.6 Å². The number of fused-ring (bicyclic) bond motifs is 4. The summed E-state index contributed by atoms with van der Waals surface area (Å²) in [6, 6.07) is 6.33. The van der Waals surface area contributed by atoms with E-state index in [-0.39, 0.29) is 24.1 Å². The molecule has 4 heterocycles. The average Bonchev–Trinajstić information content (AvgIpc) is 3.32. The summed E-state index contributed by atoms with van der Waals surface area (Å²) >= 11 is 0. The van der Waals surface area contributed by atoms with Crippen LogP contribution in [0.25, 0.3) is 22.4 Å². The Bertz CT molecular complexity index is 1410. The lowest BCUT2D eigenvalue weighted by atomic mass is 9.89. The number of carbonyl (C=O) groups excluding carboxylic acids is 1. The van der Waals surface area contributed by atoms with Gasteiger partial charge in [-0.3, -0.25) is 9.48 Å². The first kappa shape index (κ1) is 18.9. The van der Waals surface area contributed by atoms with Crippen LogP contribution in [0.5, 0.6) is 0 Å². The number of aromatic nitrogens is 5. The molecule has 9 heteroatoms. The number of halogens is 1. The van der Waals surface area contributed by atoms with Crippen molar-refractivity contribution in [2.75, 3.05) is 7.05 Å². The van der Waals surface area contributed by atoms with E-state index in [0.717, 1.165) is 5.56 Å². The molecular weight excluding hydrogens is 397 g/mol. The number of aryl methyl sites for hydroxylation is 1. The van der Waals surface area contributed by atoms with Gasteiger partial charge >= 0.3 is 0 Å². The number of H-pyrrole nitrogens is 1. The molecule has 1 atom stereocenters. The number of hydrogen-bond donors (Lipinski definition) is 1. The number of hydrogen-bond acceptors (Lipinski definition) is 5. The van der Waals surface area contributed by atoms with Gasteiger partial charge in [0.2, 0.25) is 0 Å². The molecule has 1 aliphatic heterocycles. The predicted molar refractivity (Wildman–Crippen MR) is 111 cm³/mol. The Morgan fingerprint density at radius 2 is 2.10 bits per heavy atom. The quantitative estimate of drug-likeness (QED) is 0.475. The smallest absolute Gasteiger partial charge is 0.254 e. The fraction of sp³-hybridized carbons (Fsp3) is 0.227. The van der Waals surface area contributed by atoms with E-state index in [9.17, 15) is 14.4 Å². The molecule has 1 aromatic carbocycles. The second-order valence-electron chi connectivity index (χ2n) is 7.72. The molecule has 1 N–H and O–H groups in total. The van der Waals surface area contributed by atoms with Gasteiger partial charge in [-0.2, -0.15) is 10.4 Å². The number of aromatic amines is 1. The molecule has 0 unspecified atom stereocenters. The van der Waals surface area contributed by atoms with Gasteiger partial charge in [-0.05, 0) is 23.8 Å². The van der Waals surface area contributed by atoms with E-state index in [1.165, 1.54) is 23.1 Å². The number of carbonyl (C=O) groups is 1. The fourth-order valence-corrected chi connectivity index (χ4v) is 4.20. The molecule has 4 aromatic rings. The van der Waals surface area contributed by atoms with Gasteiger partial charge in [0.15, 0.2) is 11.3 Å². The van der Waals surface area contributed by atoms with Gasteiger partial charge in [-0.25, -0.2) is 14.4 Å². The third-order valence-corrected chi connectivity index (χ3v) is 5.85. The Morgan fingerprint density at radius 1 is 1.29 bits per heavy atom. The lowest BCUT2D eigenvalue weighted by molar-refractivity contribution is 0.0781. The lowest BCUT2D eigenvalue weighted by Gasteiger charge is -2.22. The first-order chi connectivity index (χ1) is 14.9. The monoisotopic (exact) mass is 415 g/mol. The zero-order chi connectivity index (χ0) is 21.9. The van der Waals surface area contributed by atoms with Crippen LogP contribution in [0.3, 0.4) is 0 Å². The molecule has 154 valence electrons. The van der Waals surface area contributed by atoms with E-state index in [1.807, 2.05) is 6.92 Å². The molecular formula is C22H18FN7O. The van der Waals surface area contributed by atoms with E-state index in [0.29, 0.717) is 39.2 Å². The van der Waals surface area contributed by atoms with E-state index >= 15 is 0 Å². The number of rotatable bonds is 0. The minimum Gasteiger partial charge on any atom is -0.344 e. The van der Waals surface area contributed by atoms with Gasteiger partial charge in [0.25, 0.3) is 5.91 Å². The summed E-state index contributed by atoms with van der Waals surface area (Å²) in [6.07, 6.45) is 3.37. The number of amides is 1. The van der Waals surface area contributed by atoms with Crippen LogP contribution >= 0.6 is 0 Å². The van der Waals surface area contributed by atoms with Gasteiger partial charge < -0.3 is 9.88 Å². The molecule has 0 radical (unpaired) electrons. The molecule has 0 spiro atoms. The van der Waals surface area contributed by atoms with Gasteiger partial charge in [0.05, 0.1) is 29.7 Å². The molecule has 0 saturated heterocycles. The molecule has 8 nitrogen and oxygen atoms in total. The third kappa shape index (κ3) is 2.79. The highest BCUT2D eigenvalue weighted by Crippen LogP contribution is 2.35. The highest BCUT2D eigenvalue weighted by atomic mass is 19.1. The molecule has 1 aliphatic rings. The van der Waals surface area contributed by atoms with Crippen molar-refractivity contribution in [3.63, 3.8) is 0 Å². The Labute approximate surface area is 177 Å². The number of nitrogens with zero attached hydrogens (tertiary/aromatic N) is 6. The van der Waals surface area contributed by atoms with Crippen LogP contribution in [0.4, 0.5) is 4.39 Å². The second-order valence-corrected chi connectivity index (χ2v) is 7.72. The highest BCUT2D eigenvalue weighted by Gasteiger charge is 2.28. The summed E-state index contributed by atoms with van der Waals surface area (Å²) in [5.41, 5.74) is 4.91. The summed E-state index contributed by atoms with van der Waals surface area (Å²) in [5.74, 6) is -0.966. The van der Waals surface area contributed by atoms with Crippen molar-refractivity contribution in [1.82, 2.24) is 29.6 Å². The van der Waals surface area contributed by atoms with Gasteiger partial charge in [-0.15, -0.1) is 0 Å². The van der Waals surface area contributed by atoms with Crippen molar-refractivity contribution in [2.45, 2.75) is 19.4 Å². The largest absolute Gasteiger partial charge is 0.344 e. The summed E-state index contributed by atoms with van der Waals surface area (Å²) in [6.45, 7) is 2.11. The fourth-order valence-electron chi connectivity index (χ4n) is 4.20. The average molecular weight is 415 g/mol. The number of nitriles is 1.